The van der Waals surface area contributed by atoms with E-state index in [1.165, 1.54) is 6.07 Å². The molecule has 4 nitrogen and oxygen atoms in total. The van der Waals surface area contributed by atoms with Crippen LogP contribution in [0.1, 0.15) is 19.8 Å². The first-order valence-electron chi connectivity index (χ1n) is 4.43. The predicted octanol–water partition coefficient (Wildman–Crippen LogP) is 1.68. The largest absolute Gasteiger partial charge is 0.504 e. The summed E-state index contributed by atoms with van der Waals surface area (Å²) in [6, 6.07) is 4.57. The highest BCUT2D eigenvalue weighted by Crippen LogP contribution is 2.32. The van der Waals surface area contributed by atoms with Crippen molar-refractivity contribution in [2.45, 2.75) is 19.8 Å². The van der Waals surface area contributed by atoms with Crippen LogP contribution in [0.2, 0.25) is 0 Å². The zero-order chi connectivity index (χ0) is 10.6. The van der Waals surface area contributed by atoms with Crippen molar-refractivity contribution in [3.05, 3.63) is 18.2 Å². The highest BCUT2D eigenvalue weighted by Gasteiger charge is 2.10. The number of phenols is 1. The highest BCUT2D eigenvalue weighted by molar-refractivity contribution is 5.76. The molecule has 0 amide bonds. The number of nitrogen functional groups attached to an aromatic ring is 1. The number of benzene rings is 1. The Kier molecular flexibility index (Phi) is 3.34. The van der Waals surface area contributed by atoms with Crippen LogP contribution in [-0.2, 0) is 4.79 Å². The van der Waals surface area contributed by atoms with Crippen LogP contribution >= 0.6 is 0 Å². The number of esters is 1. The molecule has 0 bridgehead atoms. The Labute approximate surface area is 82.3 Å². The van der Waals surface area contributed by atoms with Gasteiger partial charge in [0.05, 0.1) is 5.69 Å². The zero-order valence-corrected chi connectivity index (χ0v) is 7.99. The van der Waals surface area contributed by atoms with Gasteiger partial charge in [-0.1, -0.05) is 13.0 Å². The number of phenolic OH excluding ortho intramolecular Hbond substituents is 1. The van der Waals surface area contributed by atoms with Gasteiger partial charge in [0.15, 0.2) is 11.5 Å². The quantitative estimate of drug-likeness (QED) is 0.437. The van der Waals surface area contributed by atoms with E-state index in [2.05, 4.69) is 0 Å². The SMILES string of the molecule is CCCC(=O)Oc1c(N)cccc1O. The van der Waals surface area contributed by atoms with E-state index >= 15 is 0 Å². The minimum absolute atomic E-state index is 0.0472. The molecule has 0 aromatic heterocycles. The molecule has 0 saturated heterocycles. The molecule has 1 aromatic carbocycles. The summed E-state index contributed by atoms with van der Waals surface area (Å²) in [5.74, 6) is -0.457. The van der Waals surface area contributed by atoms with Crippen LogP contribution in [0.25, 0.3) is 0 Å². The molecule has 76 valence electrons. The van der Waals surface area contributed by atoms with Crippen molar-refractivity contribution in [3.8, 4) is 11.5 Å². The minimum atomic E-state index is -0.388. The molecule has 0 saturated carbocycles. The fourth-order valence-electron chi connectivity index (χ4n) is 1.02. The first kappa shape index (κ1) is 10.4. The standard InChI is InChI=1S/C10H13NO3/c1-2-4-9(13)14-10-7(11)5-3-6-8(10)12/h3,5-6,12H,2,4,11H2,1H3. The summed E-state index contributed by atoms with van der Waals surface area (Å²) in [6.45, 7) is 1.87. The second kappa shape index (κ2) is 4.50. The summed E-state index contributed by atoms with van der Waals surface area (Å²) in [5.41, 5.74) is 5.79. The fraction of sp³-hybridized carbons (Fsp3) is 0.300. The molecule has 0 heterocycles. The molecule has 4 heteroatoms. The molecule has 3 N–H and O–H groups in total. The Balaban J connectivity index is 2.80. The predicted molar refractivity (Wildman–Crippen MR) is 53.1 cm³/mol. The lowest BCUT2D eigenvalue weighted by molar-refractivity contribution is -0.134. The number of carbonyl (C=O) groups excluding carboxylic acids is 1. The van der Waals surface area contributed by atoms with Gasteiger partial charge in [0.2, 0.25) is 0 Å². The molecule has 14 heavy (non-hydrogen) atoms. The number of nitrogens with two attached hydrogens (primary N) is 1. The number of carbonyl (C=O) groups is 1. The molecule has 1 aromatic rings. The Bertz CT molecular complexity index is 316. The van der Waals surface area contributed by atoms with E-state index in [1.54, 1.807) is 12.1 Å². The summed E-state index contributed by atoms with van der Waals surface area (Å²) in [6.07, 6.45) is 1.01. The second-order valence-electron chi connectivity index (χ2n) is 2.92. The maximum absolute atomic E-state index is 11.1. The molecule has 0 spiro atoms. The second-order valence-corrected chi connectivity index (χ2v) is 2.92. The molecule has 0 fully saturated rings. The van der Waals surface area contributed by atoms with Crippen molar-refractivity contribution in [3.63, 3.8) is 0 Å². The lowest BCUT2D eigenvalue weighted by Gasteiger charge is -2.07. The van der Waals surface area contributed by atoms with Crippen LogP contribution in [0.15, 0.2) is 18.2 Å². The summed E-state index contributed by atoms with van der Waals surface area (Å²) in [7, 11) is 0. The van der Waals surface area contributed by atoms with Gasteiger partial charge < -0.3 is 15.6 Å². The van der Waals surface area contributed by atoms with E-state index in [1.807, 2.05) is 6.92 Å². The van der Waals surface area contributed by atoms with E-state index in [-0.39, 0.29) is 23.2 Å². The van der Waals surface area contributed by atoms with E-state index in [4.69, 9.17) is 10.5 Å². The number of hydrogen-bond donors (Lipinski definition) is 2. The minimum Gasteiger partial charge on any atom is -0.504 e. The van der Waals surface area contributed by atoms with E-state index in [0.29, 0.717) is 12.8 Å². The summed E-state index contributed by atoms with van der Waals surface area (Å²) in [4.78, 5) is 11.1. The molecule has 0 aliphatic heterocycles. The Morgan fingerprint density at radius 1 is 1.57 bits per heavy atom. The van der Waals surface area contributed by atoms with Crippen molar-refractivity contribution in [2.24, 2.45) is 0 Å². The third kappa shape index (κ3) is 2.39. The van der Waals surface area contributed by atoms with Crippen molar-refractivity contribution in [2.75, 3.05) is 5.73 Å². The van der Waals surface area contributed by atoms with Gasteiger partial charge >= 0.3 is 5.97 Å². The van der Waals surface area contributed by atoms with Crippen LogP contribution in [0.3, 0.4) is 0 Å². The number of para-hydroxylation sites is 1. The van der Waals surface area contributed by atoms with Crippen LogP contribution in [0, 0.1) is 0 Å². The molecule has 0 aliphatic rings. The van der Waals surface area contributed by atoms with Crippen molar-refractivity contribution < 1.29 is 14.6 Å². The van der Waals surface area contributed by atoms with Gasteiger partial charge in [0.1, 0.15) is 0 Å². The van der Waals surface area contributed by atoms with Crippen LogP contribution in [-0.4, -0.2) is 11.1 Å². The molecule has 0 atom stereocenters. The number of aromatic hydroxyl groups is 1. The lowest BCUT2D eigenvalue weighted by Crippen LogP contribution is -2.08. The van der Waals surface area contributed by atoms with E-state index in [0.717, 1.165) is 0 Å². The molecule has 0 unspecified atom stereocenters. The van der Waals surface area contributed by atoms with Crippen molar-refractivity contribution in [1.82, 2.24) is 0 Å². The average molecular weight is 195 g/mol. The first-order chi connectivity index (χ1) is 6.65. The number of ether oxygens (including phenoxy) is 1. The third-order valence-corrected chi connectivity index (χ3v) is 1.69. The smallest absolute Gasteiger partial charge is 0.311 e. The normalized spacial score (nSPS) is 9.79. The summed E-state index contributed by atoms with van der Waals surface area (Å²) < 4.78 is 4.90. The molecular formula is C10H13NO3. The fourth-order valence-corrected chi connectivity index (χ4v) is 1.02. The Morgan fingerprint density at radius 3 is 2.86 bits per heavy atom. The van der Waals surface area contributed by atoms with Gasteiger partial charge in [-0.3, -0.25) is 4.79 Å². The molecular weight excluding hydrogens is 182 g/mol. The summed E-state index contributed by atoms with van der Waals surface area (Å²) in [5, 5.41) is 9.35. The average Bonchev–Trinajstić information content (AvgIpc) is 2.12. The van der Waals surface area contributed by atoms with Gasteiger partial charge in [-0.2, -0.15) is 0 Å². The van der Waals surface area contributed by atoms with Gasteiger partial charge in [0.25, 0.3) is 0 Å². The highest BCUT2D eigenvalue weighted by atomic mass is 16.5. The number of anilines is 1. The third-order valence-electron chi connectivity index (χ3n) is 1.69. The Morgan fingerprint density at radius 2 is 2.29 bits per heavy atom. The van der Waals surface area contributed by atoms with Crippen molar-refractivity contribution >= 4 is 11.7 Å². The zero-order valence-electron chi connectivity index (χ0n) is 7.99. The first-order valence-corrected chi connectivity index (χ1v) is 4.43. The van der Waals surface area contributed by atoms with Crippen molar-refractivity contribution in [1.29, 1.82) is 0 Å². The number of hydrogen-bond acceptors (Lipinski definition) is 4. The van der Waals surface area contributed by atoms with E-state index in [9.17, 15) is 9.90 Å². The van der Waals surface area contributed by atoms with Crippen LogP contribution < -0.4 is 10.5 Å². The van der Waals surface area contributed by atoms with Gasteiger partial charge in [-0.05, 0) is 18.6 Å². The van der Waals surface area contributed by atoms with Crippen LogP contribution in [0.5, 0.6) is 11.5 Å². The molecule has 0 radical (unpaired) electrons. The van der Waals surface area contributed by atoms with Crippen LogP contribution in [0.4, 0.5) is 5.69 Å². The Hall–Kier alpha value is -1.71. The summed E-state index contributed by atoms with van der Waals surface area (Å²) >= 11 is 0. The lowest BCUT2D eigenvalue weighted by atomic mass is 10.2. The monoisotopic (exact) mass is 195 g/mol. The number of rotatable bonds is 3. The van der Waals surface area contributed by atoms with Gasteiger partial charge in [-0.25, -0.2) is 0 Å². The molecule has 0 aliphatic carbocycles. The van der Waals surface area contributed by atoms with E-state index < -0.39 is 0 Å². The maximum Gasteiger partial charge on any atom is 0.311 e. The van der Waals surface area contributed by atoms with Gasteiger partial charge in [-0.15, -0.1) is 0 Å². The van der Waals surface area contributed by atoms with Gasteiger partial charge in [0, 0.05) is 6.42 Å². The topological polar surface area (TPSA) is 72.5 Å². The molecule has 1 rings (SSSR count). The maximum atomic E-state index is 11.1.